The predicted octanol–water partition coefficient (Wildman–Crippen LogP) is 3.49. The number of anilines is 1. The smallest absolute Gasteiger partial charge is 0.350 e. The van der Waals surface area contributed by atoms with Gasteiger partial charge in [0.2, 0.25) is 0 Å². The highest BCUT2D eigenvalue weighted by Crippen LogP contribution is 2.21. The topological polar surface area (TPSA) is 71.4 Å². The summed E-state index contributed by atoms with van der Waals surface area (Å²) in [7, 11) is 1.59. The van der Waals surface area contributed by atoms with E-state index in [1.807, 2.05) is 0 Å². The van der Waals surface area contributed by atoms with Crippen LogP contribution in [0.25, 0.3) is 0 Å². The molecule has 0 bridgehead atoms. The fourth-order valence-corrected chi connectivity index (χ4v) is 2.71. The maximum absolute atomic E-state index is 12.2. The summed E-state index contributed by atoms with van der Waals surface area (Å²) in [5.41, 5.74) is 0.649. The van der Waals surface area contributed by atoms with Crippen LogP contribution in [0.3, 0.4) is 0 Å². The van der Waals surface area contributed by atoms with Crippen molar-refractivity contribution >= 4 is 34.7 Å². The van der Waals surface area contributed by atoms with Crippen LogP contribution in [-0.4, -0.2) is 30.0 Å². The van der Waals surface area contributed by atoms with Gasteiger partial charge in [0.25, 0.3) is 0 Å². The second kappa shape index (κ2) is 8.46. The van der Waals surface area contributed by atoms with Gasteiger partial charge in [-0.15, -0.1) is 0 Å². The lowest BCUT2D eigenvalue weighted by molar-refractivity contribution is -0.144. The highest BCUT2D eigenvalue weighted by Gasteiger charge is 2.23. The van der Waals surface area contributed by atoms with Gasteiger partial charge in [-0.05, 0) is 55.8 Å². The SMILES string of the molecule is COc1ccc(NC(=S)C(=C=N)C(=O)OC2CCCCC2)cc1. The molecule has 0 unspecified atom stereocenters. The highest BCUT2D eigenvalue weighted by molar-refractivity contribution is 7.81. The summed E-state index contributed by atoms with van der Waals surface area (Å²) >= 11 is 5.20. The standard InChI is InChI=1S/C17H20N2O3S/c1-21-13-9-7-12(8-10-13)19-16(23)15(11-18)17(20)22-14-5-3-2-4-6-14/h7-10,14,18H,2-6H2,1H3,(H,19,23). The van der Waals surface area contributed by atoms with Crippen molar-refractivity contribution in [2.75, 3.05) is 12.4 Å². The van der Waals surface area contributed by atoms with Crippen molar-refractivity contribution in [3.63, 3.8) is 0 Å². The zero-order valence-corrected chi connectivity index (χ0v) is 13.9. The summed E-state index contributed by atoms with van der Waals surface area (Å²) in [6.07, 6.45) is 4.97. The molecule has 122 valence electrons. The molecule has 0 amide bonds. The Morgan fingerprint density at radius 3 is 2.48 bits per heavy atom. The minimum absolute atomic E-state index is 0.0543. The second-order valence-corrected chi connectivity index (χ2v) is 5.76. The van der Waals surface area contributed by atoms with E-state index < -0.39 is 5.97 Å². The molecule has 2 rings (SSSR count). The molecular formula is C17H20N2O3S. The Balaban J connectivity index is 1.97. The van der Waals surface area contributed by atoms with Gasteiger partial charge >= 0.3 is 5.97 Å². The number of methoxy groups -OCH3 is 1. The van der Waals surface area contributed by atoms with Gasteiger partial charge in [-0.2, -0.15) is 0 Å². The lowest BCUT2D eigenvalue weighted by Gasteiger charge is -2.22. The van der Waals surface area contributed by atoms with Crippen molar-refractivity contribution in [2.45, 2.75) is 38.2 Å². The number of rotatable bonds is 5. The van der Waals surface area contributed by atoms with Gasteiger partial charge in [0.15, 0.2) is 5.57 Å². The predicted molar refractivity (Wildman–Crippen MR) is 93.4 cm³/mol. The van der Waals surface area contributed by atoms with E-state index >= 15 is 0 Å². The van der Waals surface area contributed by atoms with E-state index in [9.17, 15) is 4.79 Å². The summed E-state index contributed by atoms with van der Waals surface area (Å²) < 4.78 is 10.5. The van der Waals surface area contributed by atoms with Gasteiger partial charge in [-0.25, -0.2) is 4.79 Å². The molecule has 5 nitrogen and oxygen atoms in total. The van der Waals surface area contributed by atoms with Gasteiger partial charge in [0.1, 0.15) is 16.8 Å². The molecule has 0 heterocycles. The zero-order chi connectivity index (χ0) is 16.7. The number of hydrogen-bond donors (Lipinski definition) is 2. The maximum Gasteiger partial charge on any atom is 0.350 e. The Bertz CT molecular complexity index is 615. The van der Waals surface area contributed by atoms with Crippen molar-refractivity contribution in [3.05, 3.63) is 29.8 Å². The lowest BCUT2D eigenvalue weighted by Crippen LogP contribution is -2.26. The lowest BCUT2D eigenvalue weighted by atomic mass is 9.98. The first-order chi connectivity index (χ1) is 11.1. The number of thiocarbonyl (C=S) groups is 1. The van der Waals surface area contributed by atoms with Gasteiger partial charge in [-0.3, -0.25) is 5.41 Å². The quantitative estimate of drug-likeness (QED) is 0.374. The zero-order valence-electron chi connectivity index (χ0n) is 13.1. The Hall–Kier alpha value is -2.17. The number of carbonyl (C=O) groups excluding carboxylic acids is 1. The summed E-state index contributed by atoms with van der Waals surface area (Å²) in [6, 6.07) is 7.11. The van der Waals surface area contributed by atoms with Crippen LogP contribution in [0.15, 0.2) is 29.8 Å². The number of benzene rings is 1. The van der Waals surface area contributed by atoms with Crippen LogP contribution in [0.1, 0.15) is 32.1 Å². The first-order valence-electron chi connectivity index (χ1n) is 7.60. The van der Waals surface area contributed by atoms with E-state index in [2.05, 4.69) is 11.2 Å². The van der Waals surface area contributed by atoms with E-state index in [4.69, 9.17) is 27.1 Å². The van der Waals surface area contributed by atoms with E-state index in [0.29, 0.717) is 5.69 Å². The van der Waals surface area contributed by atoms with E-state index in [1.165, 1.54) is 6.42 Å². The number of hydrogen-bond acceptors (Lipinski definition) is 5. The molecule has 23 heavy (non-hydrogen) atoms. The van der Waals surface area contributed by atoms with Crippen molar-refractivity contribution in [2.24, 2.45) is 0 Å². The molecule has 0 aromatic heterocycles. The van der Waals surface area contributed by atoms with Gasteiger partial charge in [-0.1, -0.05) is 18.6 Å². The minimum atomic E-state index is -0.585. The average molecular weight is 332 g/mol. The Morgan fingerprint density at radius 1 is 1.26 bits per heavy atom. The Labute approximate surface area is 141 Å². The number of nitrogens with one attached hydrogen (secondary N) is 2. The number of esters is 1. The molecule has 2 N–H and O–H groups in total. The van der Waals surface area contributed by atoms with Crippen LogP contribution in [0, 0.1) is 5.41 Å². The minimum Gasteiger partial charge on any atom is -0.497 e. The molecule has 0 saturated heterocycles. The van der Waals surface area contributed by atoms with E-state index in [0.717, 1.165) is 31.4 Å². The molecule has 1 aromatic rings. The molecule has 6 heteroatoms. The van der Waals surface area contributed by atoms with E-state index in [-0.39, 0.29) is 16.7 Å². The molecule has 0 radical (unpaired) electrons. The van der Waals surface area contributed by atoms with Crippen LogP contribution >= 0.6 is 12.2 Å². The van der Waals surface area contributed by atoms with Gasteiger partial charge in [0, 0.05) is 5.69 Å². The molecule has 1 saturated carbocycles. The Morgan fingerprint density at radius 2 is 1.91 bits per heavy atom. The first kappa shape index (κ1) is 17.2. The second-order valence-electron chi connectivity index (χ2n) is 5.35. The van der Waals surface area contributed by atoms with Crippen molar-refractivity contribution in [1.29, 1.82) is 5.41 Å². The fraction of sp³-hybridized carbons (Fsp3) is 0.412. The molecule has 1 aliphatic carbocycles. The normalized spacial score (nSPS) is 14.5. The average Bonchev–Trinajstić information content (AvgIpc) is 2.57. The fourth-order valence-electron chi connectivity index (χ4n) is 2.46. The third-order valence-corrected chi connectivity index (χ3v) is 4.04. The molecule has 1 aliphatic rings. The third-order valence-electron chi connectivity index (χ3n) is 3.73. The van der Waals surface area contributed by atoms with Gasteiger partial charge < -0.3 is 14.8 Å². The molecular weight excluding hydrogens is 312 g/mol. The van der Waals surface area contributed by atoms with Crippen molar-refractivity contribution in [1.82, 2.24) is 0 Å². The molecule has 1 aromatic carbocycles. The van der Waals surface area contributed by atoms with Crippen LogP contribution in [-0.2, 0) is 9.53 Å². The summed E-state index contributed by atoms with van der Waals surface area (Å²) in [4.78, 5) is 12.3. The van der Waals surface area contributed by atoms with Gasteiger partial charge in [0.05, 0.1) is 7.11 Å². The molecule has 0 atom stereocenters. The monoisotopic (exact) mass is 332 g/mol. The summed E-state index contributed by atoms with van der Waals surface area (Å²) in [6.45, 7) is 0. The summed E-state index contributed by atoms with van der Waals surface area (Å²) in [5, 5.41) is 10.3. The van der Waals surface area contributed by atoms with Crippen molar-refractivity contribution < 1.29 is 14.3 Å². The van der Waals surface area contributed by atoms with Crippen molar-refractivity contribution in [3.8, 4) is 5.75 Å². The van der Waals surface area contributed by atoms with Crippen LogP contribution < -0.4 is 10.1 Å². The maximum atomic E-state index is 12.2. The molecule has 0 aliphatic heterocycles. The van der Waals surface area contributed by atoms with Crippen LogP contribution in [0.2, 0.25) is 0 Å². The Kier molecular flexibility index (Phi) is 6.32. The first-order valence-corrected chi connectivity index (χ1v) is 8.01. The number of carbonyl (C=O) groups is 1. The highest BCUT2D eigenvalue weighted by atomic mass is 32.1. The van der Waals surface area contributed by atoms with Crippen LogP contribution in [0.4, 0.5) is 5.69 Å². The molecule has 0 spiro atoms. The molecule has 1 fully saturated rings. The number of ether oxygens (including phenoxy) is 2. The summed E-state index contributed by atoms with van der Waals surface area (Å²) in [5.74, 6) is 2.24. The van der Waals surface area contributed by atoms with E-state index in [1.54, 1.807) is 31.4 Å². The van der Waals surface area contributed by atoms with Crippen LogP contribution in [0.5, 0.6) is 5.75 Å². The third kappa shape index (κ3) is 4.91. The largest absolute Gasteiger partial charge is 0.497 e.